The van der Waals surface area contributed by atoms with Gasteiger partial charge in [-0.3, -0.25) is 9.10 Å². The van der Waals surface area contributed by atoms with Gasteiger partial charge in [-0.2, -0.15) is 0 Å². The van der Waals surface area contributed by atoms with Crippen LogP contribution in [0.25, 0.3) is 0 Å². The number of methoxy groups -OCH3 is 1. The number of benzene rings is 3. The number of ether oxygens (including phenoxy) is 1. The molecule has 0 radical (unpaired) electrons. The number of carbonyl (C=O) groups excluding carboxylic acids is 1. The lowest BCUT2D eigenvalue weighted by Gasteiger charge is -2.26. The van der Waals surface area contributed by atoms with E-state index in [1.807, 2.05) is 43.3 Å². The number of carbonyl (C=O) groups is 1. The lowest BCUT2D eigenvalue weighted by Crippen LogP contribution is -2.40. The zero-order valence-electron chi connectivity index (χ0n) is 16.9. The van der Waals surface area contributed by atoms with Crippen LogP contribution in [0.3, 0.4) is 0 Å². The highest BCUT2D eigenvalue weighted by atomic mass is 32.2. The quantitative estimate of drug-likeness (QED) is 0.600. The van der Waals surface area contributed by atoms with Gasteiger partial charge < -0.3 is 10.1 Å². The van der Waals surface area contributed by atoms with Crippen LogP contribution in [0.15, 0.2) is 83.8 Å². The van der Waals surface area contributed by atoms with Gasteiger partial charge >= 0.3 is 0 Å². The molecule has 3 aromatic carbocycles. The van der Waals surface area contributed by atoms with Gasteiger partial charge in [-0.1, -0.05) is 54.6 Å². The Balaban J connectivity index is 1.94. The van der Waals surface area contributed by atoms with Crippen molar-refractivity contribution in [3.63, 3.8) is 0 Å². The van der Waals surface area contributed by atoms with Crippen molar-refractivity contribution in [3.05, 3.63) is 90.0 Å². The van der Waals surface area contributed by atoms with Crippen LogP contribution < -0.4 is 14.4 Å². The van der Waals surface area contributed by atoms with E-state index in [1.165, 1.54) is 19.2 Å². The van der Waals surface area contributed by atoms with Crippen molar-refractivity contribution in [3.8, 4) is 5.75 Å². The molecule has 0 aliphatic rings. The second kappa shape index (κ2) is 9.45. The Hall–Kier alpha value is -3.32. The minimum absolute atomic E-state index is 0.101. The molecule has 3 aromatic rings. The highest BCUT2D eigenvalue weighted by Crippen LogP contribution is 2.33. The molecule has 0 fully saturated rings. The smallest absolute Gasteiger partial charge is 0.264 e. The minimum Gasteiger partial charge on any atom is -0.495 e. The van der Waals surface area contributed by atoms with Gasteiger partial charge in [0.15, 0.2) is 0 Å². The predicted octanol–water partition coefficient (Wildman–Crippen LogP) is 3.52. The Labute approximate surface area is 177 Å². The zero-order chi connectivity index (χ0) is 21.6. The fourth-order valence-corrected chi connectivity index (χ4v) is 4.44. The molecule has 0 heterocycles. The first-order valence-electron chi connectivity index (χ1n) is 9.45. The van der Waals surface area contributed by atoms with Crippen LogP contribution in [-0.2, 0) is 21.4 Å². The maximum atomic E-state index is 13.4. The summed E-state index contributed by atoms with van der Waals surface area (Å²) in [4.78, 5) is 12.8. The maximum Gasteiger partial charge on any atom is 0.264 e. The first-order chi connectivity index (χ1) is 14.4. The normalized spacial score (nSPS) is 11.0. The van der Waals surface area contributed by atoms with Gasteiger partial charge in [0, 0.05) is 6.54 Å². The number of hydrogen-bond acceptors (Lipinski definition) is 4. The highest BCUT2D eigenvalue weighted by molar-refractivity contribution is 7.92. The van der Waals surface area contributed by atoms with Crippen LogP contribution in [0.2, 0.25) is 0 Å². The van der Waals surface area contributed by atoms with Crippen molar-refractivity contribution in [1.82, 2.24) is 5.32 Å². The molecular formula is C23H24N2O4S. The molecule has 0 atom stereocenters. The SMILES string of the molecule is COc1ccc(C)cc1N(CC(=O)NCc1ccccc1)S(=O)(=O)c1ccccc1. The fraction of sp³-hybridized carbons (Fsp3) is 0.174. The van der Waals surface area contributed by atoms with Crippen molar-refractivity contribution in [1.29, 1.82) is 0 Å². The van der Waals surface area contributed by atoms with E-state index in [9.17, 15) is 13.2 Å². The molecule has 0 aliphatic carbocycles. The third-order valence-electron chi connectivity index (χ3n) is 4.55. The summed E-state index contributed by atoms with van der Waals surface area (Å²) in [6.07, 6.45) is 0. The van der Waals surface area contributed by atoms with Crippen LogP contribution in [0, 0.1) is 6.92 Å². The molecule has 1 N–H and O–H groups in total. The van der Waals surface area contributed by atoms with Crippen LogP contribution in [0.1, 0.15) is 11.1 Å². The number of aryl methyl sites for hydroxylation is 1. The fourth-order valence-electron chi connectivity index (χ4n) is 3.00. The third kappa shape index (κ3) is 4.99. The number of sulfonamides is 1. The summed E-state index contributed by atoms with van der Waals surface area (Å²) in [5, 5.41) is 2.79. The van der Waals surface area contributed by atoms with Crippen molar-refractivity contribution < 1.29 is 17.9 Å². The standard InChI is InChI=1S/C23H24N2O4S/c1-18-13-14-22(29-2)21(15-18)25(30(27,28)20-11-7-4-8-12-20)17-23(26)24-16-19-9-5-3-6-10-19/h3-15H,16-17H2,1-2H3,(H,24,26). The second-order valence-corrected chi connectivity index (χ2v) is 8.62. The molecule has 30 heavy (non-hydrogen) atoms. The van der Waals surface area contributed by atoms with Gasteiger partial charge in [-0.15, -0.1) is 0 Å². The first-order valence-corrected chi connectivity index (χ1v) is 10.9. The first kappa shape index (κ1) is 21.4. The molecule has 6 nitrogen and oxygen atoms in total. The molecular weight excluding hydrogens is 400 g/mol. The molecule has 0 saturated carbocycles. The molecule has 0 spiro atoms. The van der Waals surface area contributed by atoms with Crippen LogP contribution in [-0.4, -0.2) is 28.0 Å². The largest absolute Gasteiger partial charge is 0.495 e. The minimum atomic E-state index is -3.99. The Morgan fingerprint density at radius 1 is 0.967 bits per heavy atom. The van der Waals surface area contributed by atoms with Gasteiger partial charge in [0.25, 0.3) is 10.0 Å². The summed E-state index contributed by atoms with van der Waals surface area (Å²) in [6, 6.07) is 22.7. The number of hydrogen-bond donors (Lipinski definition) is 1. The summed E-state index contributed by atoms with van der Waals surface area (Å²) in [7, 11) is -2.52. The van der Waals surface area contributed by atoms with Crippen LogP contribution in [0.4, 0.5) is 5.69 Å². The van der Waals surface area contributed by atoms with E-state index < -0.39 is 15.9 Å². The second-order valence-electron chi connectivity index (χ2n) is 6.76. The van der Waals surface area contributed by atoms with Crippen molar-refractivity contribution in [2.24, 2.45) is 0 Å². The molecule has 1 amide bonds. The van der Waals surface area contributed by atoms with Crippen molar-refractivity contribution in [2.75, 3.05) is 18.0 Å². The number of anilines is 1. The number of nitrogens with one attached hydrogen (secondary N) is 1. The summed E-state index contributed by atoms with van der Waals surface area (Å²) in [6.45, 7) is 1.79. The van der Waals surface area contributed by atoms with E-state index in [1.54, 1.807) is 30.3 Å². The van der Waals surface area contributed by atoms with Gasteiger partial charge in [-0.05, 0) is 42.3 Å². The number of rotatable bonds is 8. The highest BCUT2D eigenvalue weighted by Gasteiger charge is 2.29. The molecule has 0 saturated heterocycles. The molecule has 0 bridgehead atoms. The summed E-state index contributed by atoms with van der Waals surface area (Å²) < 4.78 is 33.3. The van der Waals surface area contributed by atoms with E-state index in [0.717, 1.165) is 15.4 Å². The van der Waals surface area contributed by atoms with Crippen LogP contribution in [0.5, 0.6) is 5.75 Å². The Morgan fingerprint density at radius 2 is 1.60 bits per heavy atom. The van der Waals surface area contributed by atoms with E-state index in [0.29, 0.717) is 18.0 Å². The van der Waals surface area contributed by atoms with E-state index in [-0.39, 0.29) is 11.4 Å². The summed E-state index contributed by atoms with van der Waals surface area (Å²) in [5.74, 6) is -0.0436. The molecule has 156 valence electrons. The molecule has 0 aliphatic heterocycles. The zero-order valence-corrected chi connectivity index (χ0v) is 17.7. The van der Waals surface area contributed by atoms with Gasteiger partial charge in [-0.25, -0.2) is 8.42 Å². The average molecular weight is 425 g/mol. The molecule has 0 unspecified atom stereocenters. The number of amides is 1. The third-order valence-corrected chi connectivity index (χ3v) is 6.33. The van der Waals surface area contributed by atoms with E-state index in [4.69, 9.17) is 4.74 Å². The topological polar surface area (TPSA) is 75.7 Å². The Kier molecular flexibility index (Phi) is 6.74. The average Bonchev–Trinajstić information content (AvgIpc) is 2.77. The Bertz CT molecular complexity index is 1100. The van der Waals surface area contributed by atoms with Gasteiger partial charge in [0.05, 0.1) is 17.7 Å². The molecule has 7 heteroatoms. The van der Waals surface area contributed by atoms with Gasteiger partial charge in [0.2, 0.25) is 5.91 Å². The Morgan fingerprint density at radius 3 is 2.23 bits per heavy atom. The monoisotopic (exact) mass is 424 g/mol. The summed E-state index contributed by atoms with van der Waals surface area (Å²) >= 11 is 0. The van der Waals surface area contributed by atoms with E-state index in [2.05, 4.69) is 5.32 Å². The molecule has 3 rings (SSSR count). The van der Waals surface area contributed by atoms with Crippen molar-refractivity contribution >= 4 is 21.6 Å². The molecule has 0 aromatic heterocycles. The lowest BCUT2D eigenvalue weighted by atomic mass is 10.2. The van der Waals surface area contributed by atoms with Gasteiger partial charge in [0.1, 0.15) is 12.3 Å². The van der Waals surface area contributed by atoms with E-state index >= 15 is 0 Å². The number of nitrogens with zero attached hydrogens (tertiary/aromatic N) is 1. The predicted molar refractivity (Wildman–Crippen MR) is 117 cm³/mol. The van der Waals surface area contributed by atoms with Crippen molar-refractivity contribution in [2.45, 2.75) is 18.4 Å². The van der Waals surface area contributed by atoms with Crippen LogP contribution >= 0.6 is 0 Å². The maximum absolute atomic E-state index is 13.4. The summed E-state index contributed by atoms with van der Waals surface area (Å²) in [5.41, 5.74) is 2.09. The lowest BCUT2D eigenvalue weighted by molar-refractivity contribution is -0.119.